The lowest BCUT2D eigenvalue weighted by Crippen LogP contribution is -2.32. The van der Waals surface area contributed by atoms with Gasteiger partial charge < -0.3 is 9.64 Å². The highest BCUT2D eigenvalue weighted by molar-refractivity contribution is 6.30. The van der Waals surface area contributed by atoms with Crippen LogP contribution in [0.3, 0.4) is 0 Å². The smallest absolute Gasteiger partial charge is 0.260 e. The molecule has 1 aromatic carbocycles. The number of rotatable bonds is 5. The number of ether oxygens (including phenoxy) is 1. The Morgan fingerprint density at radius 3 is 2.71 bits per heavy atom. The maximum absolute atomic E-state index is 11.6. The van der Waals surface area contributed by atoms with Gasteiger partial charge in [0.05, 0.1) is 12.5 Å². The third kappa shape index (κ3) is 4.75. The average Bonchev–Trinajstić information content (AvgIpc) is 2.34. The van der Waals surface area contributed by atoms with Crippen molar-refractivity contribution in [3.8, 4) is 11.8 Å². The van der Waals surface area contributed by atoms with Crippen LogP contribution in [0.2, 0.25) is 5.02 Å². The van der Waals surface area contributed by atoms with Crippen LogP contribution in [0.5, 0.6) is 5.75 Å². The zero-order valence-corrected chi connectivity index (χ0v) is 10.3. The minimum Gasteiger partial charge on any atom is -0.484 e. The van der Waals surface area contributed by atoms with E-state index in [1.54, 1.807) is 31.3 Å². The fraction of sp³-hybridized carbons (Fsp3) is 0.333. The van der Waals surface area contributed by atoms with E-state index in [1.165, 1.54) is 4.90 Å². The summed E-state index contributed by atoms with van der Waals surface area (Å²) in [6, 6.07) is 8.77. The van der Waals surface area contributed by atoms with Crippen molar-refractivity contribution in [2.45, 2.75) is 6.42 Å². The van der Waals surface area contributed by atoms with Gasteiger partial charge in [-0.25, -0.2) is 0 Å². The van der Waals surface area contributed by atoms with Gasteiger partial charge in [-0.05, 0) is 24.3 Å². The van der Waals surface area contributed by atoms with E-state index in [0.29, 0.717) is 23.7 Å². The summed E-state index contributed by atoms with van der Waals surface area (Å²) in [5, 5.41) is 9.02. The molecule has 0 radical (unpaired) electrons. The normalized spacial score (nSPS) is 9.47. The molecule has 1 aromatic rings. The molecule has 0 bridgehead atoms. The lowest BCUT2D eigenvalue weighted by Gasteiger charge is -2.15. The summed E-state index contributed by atoms with van der Waals surface area (Å²) in [6.45, 7) is 0.378. The van der Waals surface area contributed by atoms with Gasteiger partial charge in [0.2, 0.25) is 0 Å². The molecule has 0 atom stereocenters. The number of likely N-dealkylation sites (N-methyl/N-ethyl adjacent to an activating group) is 1. The number of amides is 1. The van der Waals surface area contributed by atoms with Gasteiger partial charge in [-0.2, -0.15) is 5.26 Å². The van der Waals surface area contributed by atoms with Crippen molar-refractivity contribution in [3.63, 3.8) is 0 Å². The van der Waals surface area contributed by atoms with Crippen LogP contribution < -0.4 is 4.74 Å². The minimum absolute atomic E-state index is 0.0381. The molecule has 90 valence electrons. The number of hydrogen-bond acceptors (Lipinski definition) is 3. The Morgan fingerprint density at radius 1 is 1.47 bits per heavy atom. The van der Waals surface area contributed by atoms with E-state index in [4.69, 9.17) is 21.6 Å². The third-order valence-electron chi connectivity index (χ3n) is 2.16. The molecule has 0 N–H and O–H groups in total. The standard InChI is InChI=1S/C12H13ClN2O2/c1-15(8-2-7-14)12(16)9-17-11-5-3-10(13)4-6-11/h3-6H,2,8-9H2,1H3. The van der Waals surface area contributed by atoms with E-state index in [0.717, 1.165) is 0 Å². The number of halogens is 1. The molecule has 5 heteroatoms. The Hall–Kier alpha value is -1.73. The Labute approximate surface area is 105 Å². The van der Waals surface area contributed by atoms with Gasteiger partial charge in [0.25, 0.3) is 5.91 Å². The van der Waals surface area contributed by atoms with Crippen molar-refractivity contribution in [1.82, 2.24) is 4.90 Å². The zero-order valence-electron chi connectivity index (χ0n) is 9.52. The van der Waals surface area contributed by atoms with Crippen LogP contribution in [0.25, 0.3) is 0 Å². The summed E-state index contributed by atoms with van der Waals surface area (Å²) in [5.74, 6) is 0.437. The topological polar surface area (TPSA) is 53.3 Å². The van der Waals surface area contributed by atoms with Gasteiger partial charge in [-0.3, -0.25) is 4.79 Å². The Balaban J connectivity index is 2.37. The summed E-state index contributed by atoms with van der Waals surface area (Å²) >= 11 is 5.72. The predicted molar refractivity (Wildman–Crippen MR) is 64.8 cm³/mol. The second-order valence-corrected chi connectivity index (χ2v) is 3.90. The fourth-order valence-electron chi connectivity index (χ4n) is 1.13. The number of carbonyl (C=O) groups is 1. The molecule has 0 unspecified atom stereocenters. The minimum atomic E-state index is -0.157. The van der Waals surface area contributed by atoms with Crippen LogP contribution in [0.1, 0.15) is 6.42 Å². The van der Waals surface area contributed by atoms with Crippen molar-refractivity contribution in [3.05, 3.63) is 29.3 Å². The molecular formula is C12H13ClN2O2. The van der Waals surface area contributed by atoms with E-state index >= 15 is 0 Å². The van der Waals surface area contributed by atoms with Gasteiger partial charge in [-0.15, -0.1) is 0 Å². The fourth-order valence-corrected chi connectivity index (χ4v) is 1.25. The largest absolute Gasteiger partial charge is 0.484 e. The second kappa shape index (κ2) is 6.77. The number of nitrogens with zero attached hydrogens (tertiary/aromatic N) is 2. The van der Waals surface area contributed by atoms with Crippen molar-refractivity contribution in [1.29, 1.82) is 5.26 Å². The number of carbonyl (C=O) groups excluding carboxylic acids is 1. The first-order chi connectivity index (χ1) is 8.13. The summed E-state index contributed by atoms with van der Waals surface area (Å²) in [6.07, 6.45) is 0.323. The quantitative estimate of drug-likeness (QED) is 0.806. The van der Waals surface area contributed by atoms with Gasteiger partial charge >= 0.3 is 0 Å². The van der Waals surface area contributed by atoms with Crippen LogP contribution in [0, 0.1) is 11.3 Å². The van der Waals surface area contributed by atoms with Crippen molar-refractivity contribution < 1.29 is 9.53 Å². The molecule has 0 aliphatic rings. The maximum Gasteiger partial charge on any atom is 0.260 e. The summed E-state index contributed by atoms with van der Waals surface area (Å²) in [7, 11) is 1.64. The molecule has 17 heavy (non-hydrogen) atoms. The average molecular weight is 253 g/mol. The van der Waals surface area contributed by atoms with E-state index in [1.807, 2.05) is 6.07 Å². The molecule has 1 amide bonds. The van der Waals surface area contributed by atoms with Crippen LogP contribution in [-0.4, -0.2) is 31.0 Å². The van der Waals surface area contributed by atoms with Gasteiger partial charge in [0.15, 0.2) is 6.61 Å². The summed E-state index contributed by atoms with van der Waals surface area (Å²) < 4.78 is 5.29. The highest BCUT2D eigenvalue weighted by atomic mass is 35.5. The predicted octanol–water partition coefficient (Wildman–Crippen LogP) is 2.09. The first kappa shape index (κ1) is 13.3. The lowest BCUT2D eigenvalue weighted by atomic mass is 10.3. The molecule has 0 saturated carbocycles. The van der Waals surface area contributed by atoms with Crippen LogP contribution >= 0.6 is 11.6 Å². The Bertz CT molecular complexity index is 412. The van der Waals surface area contributed by atoms with Gasteiger partial charge in [0, 0.05) is 18.6 Å². The van der Waals surface area contributed by atoms with E-state index in [9.17, 15) is 4.79 Å². The van der Waals surface area contributed by atoms with Crippen molar-refractivity contribution >= 4 is 17.5 Å². The molecule has 0 spiro atoms. The van der Waals surface area contributed by atoms with Crippen molar-refractivity contribution in [2.24, 2.45) is 0 Å². The first-order valence-corrected chi connectivity index (χ1v) is 5.50. The molecule has 0 aliphatic carbocycles. The van der Waals surface area contributed by atoms with Gasteiger partial charge in [0.1, 0.15) is 5.75 Å². The number of nitriles is 1. The molecule has 0 heterocycles. The lowest BCUT2D eigenvalue weighted by molar-refractivity contribution is -0.131. The van der Waals surface area contributed by atoms with Crippen LogP contribution in [0.15, 0.2) is 24.3 Å². The van der Waals surface area contributed by atoms with E-state index in [-0.39, 0.29) is 12.5 Å². The zero-order chi connectivity index (χ0) is 12.7. The maximum atomic E-state index is 11.6. The molecule has 0 aliphatic heterocycles. The molecule has 1 rings (SSSR count). The molecular weight excluding hydrogens is 240 g/mol. The highest BCUT2D eigenvalue weighted by Gasteiger charge is 2.08. The van der Waals surface area contributed by atoms with Gasteiger partial charge in [-0.1, -0.05) is 11.6 Å². The van der Waals surface area contributed by atoms with E-state index < -0.39 is 0 Å². The summed E-state index contributed by atoms with van der Waals surface area (Å²) in [4.78, 5) is 13.0. The molecule has 0 fully saturated rings. The Kier molecular flexibility index (Phi) is 5.31. The second-order valence-electron chi connectivity index (χ2n) is 3.47. The molecule has 0 saturated heterocycles. The third-order valence-corrected chi connectivity index (χ3v) is 2.41. The number of benzene rings is 1. The van der Waals surface area contributed by atoms with E-state index in [2.05, 4.69) is 0 Å². The molecule has 0 aromatic heterocycles. The van der Waals surface area contributed by atoms with Crippen molar-refractivity contribution in [2.75, 3.05) is 20.2 Å². The highest BCUT2D eigenvalue weighted by Crippen LogP contribution is 2.15. The summed E-state index contributed by atoms with van der Waals surface area (Å²) in [5.41, 5.74) is 0. The monoisotopic (exact) mass is 252 g/mol. The Morgan fingerprint density at radius 2 is 2.12 bits per heavy atom. The van der Waals surface area contributed by atoms with Crippen LogP contribution in [0.4, 0.5) is 0 Å². The number of hydrogen-bond donors (Lipinski definition) is 0. The van der Waals surface area contributed by atoms with Crippen LogP contribution in [-0.2, 0) is 4.79 Å². The molecule has 4 nitrogen and oxygen atoms in total. The SMILES string of the molecule is CN(CCC#N)C(=O)COc1ccc(Cl)cc1. The first-order valence-electron chi connectivity index (χ1n) is 5.13.